The van der Waals surface area contributed by atoms with Crippen LogP contribution in [0.2, 0.25) is 0 Å². The Bertz CT molecular complexity index is 468. The van der Waals surface area contributed by atoms with Gasteiger partial charge in [-0.25, -0.2) is 4.79 Å². The van der Waals surface area contributed by atoms with E-state index in [2.05, 4.69) is 10.1 Å². The van der Waals surface area contributed by atoms with Crippen molar-refractivity contribution in [1.29, 1.82) is 0 Å². The van der Waals surface area contributed by atoms with Crippen LogP contribution in [0.15, 0.2) is 40.5 Å². The van der Waals surface area contributed by atoms with Crippen LogP contribution >= 0.6 is 0 Å². The zero-order chi connectivity index (χ0) is 12.8. The fourth-order valence-corrected chi connectivity index (χ4v) is 1.62. The molecule has 18 heavy (non-hydrogen) atoms. The van der Waals surface area contributed by atoms with E-state index in [4.69, 9.17) is 9.94 Å². The van der Waals surface area contributed by atoms with Crippen molar-refractivity contribution < 1.29 is 14.7 Å². The standard InChI is InChI=1S/C13H14N2O3/c16-13(17)12-7-6-11(8-14-12)15-18-9-10-4-2-1-3-5-10/h1-5,8,12H,6-7,9H2,(H,16,17). The Morgan fingerprint density at radius 2 is 2.22 bits per heavy atom. The van der Waals surface area contributed by atoms with Crippen LogP contribution in [-0.2, 0) is 16.2 Å². The molecule has 0 spiro atoms. The molecule has 5 heteroatoms. The Labute approximate surface area is 105 Å². The van der Waals surface area contributed by atoms with Gasteiger partial charge >= 0.3 is 5.97 Å². The molecule has 0 radical (unpaired) electrons. The summed E-state index contributed by atoms with van der Waals surface area (Å²) in [6.45, 7) is 0.403. The Kier molecular flexibility index (Phi) is 4.06. The first kappa shape index (κ1) is 12.3. The van der Waals surface area contributed by atoms with E-state index in [-0.39, 0.29) is 0 Å². The molecule has 94 valence electrons. The van der Waals surface area contributed by atoms with Crippen LogP contribution in [0.3, 0.4) is 0 Å². The summed E-state index contributed by atoms with van der Waals surface area (Å²) in [5, 5.41) is 12.7. The van der Waals surface area contributed by atoms with Gasteiger partial charge in [0.05, 0.1) is 5.71 Å². The van der Waals surface area contributed by atoms with E-state index < -0.39 is 12.0 Å². The molecule has 2 rings (SSSR count). The van der Waals surface area contributed by atoms with Crippen molar-refractivity contribution in [1.82, 2.24) is 0 Å². The van der Waals surface area contributed by atoms with Crippen molar-refractivity contribution in [2.24, 2.45) is 10.1 Å². The lowest BCUT2D eigenvalue weighted by atomic mass is 10.1. The van der Waals surface area contributed by atoms with Crippen LogP contribution < -0.4 is 0 Å². The molecule has 0 fully saturated rings. The predicted octanol–water partition coefficient (Wildman–Crippen LogP) is 1.88. The van der Waals surface area contributed by atoms with Gasteiger partial charge in [0.1, 0.15) is 12.6 Å². The molecule has 0 bridgehead atoms. The molecule has 1 atom stereocenters. The first-order valence-corrected chi connectivity index (χ1v) is 5.74. The van der Waals surface area contributed by atoms with Crippen LogP contribution in [0, 0.1) is 0 Å². The molecule has 1 heterocycles. The van der Waals surface area contributed by atoms with Gasteiger partial charge in [0.2, 0.25) is 0 Å². The molecule has 1 aromatic rings. The molecule has 0 aromatic heterocycles. The largest absolute Gasteiger partial charge is 0.480 e. The lowest BCUT2D eigenvalue weighted by Gasteiger charge is -2.12. The lowest BCUT2D eigenvalue weighted by Crippen LogP contribution is -2.24. The van der Waals surface area contributed by atoms with E-state index in [9.17, 15) is 4.79 Å². The zero-order valence-electron chi connectivity index (χ0n) is 9.82. The number of nitrogens with zero attached hydrogens (tertiary/aromatic N) is 2. The summed E-state index contributed by atoms with van der Waals surface area (Å²) >= 11 is 0. The number of carbonyl (C=O) groups is 1. The van der Waals surface area contributed by atoms with Gasteiger partial charge in [-0.05, 0) is 18.4 Å². The molecule has 0 saturated heterocycles. The summed E-state index contributed by atoms with van der Waals surface area (Å²) in [6.07, 6.45) is 2.53. The summed E-state index contributed by atoms with van der Waals surface area (Å²) in [7, 11) is 0. The smallest absolute Gasteiger partial charge is 0.328 e. The topological polar surface area (TPSA) is 71.2 Å². The number of carboxylic acids is 1. The minimum absolute atomic E-state index is 0.403. The van der Waals surface area contributed by atoms with E-state index in [1.165, 1.54) is 6.21 Å². The summed E-state index contributed by atoms with van der Waals surface area (Å²) in [4.78, 5) is 19.8. The highest BCUT2D eigenvalue weighted by molar-refractivity contribution is 6.31. The normalized spacial score (nSPS) is 20.9. The Hall–Kier alpha value is -2.17. The van der Waals surface area contributed by atoms with Gasteiger partial charge in [0.15, 0.2) is 0 Å². The van der Waals surface area contributed by atoms with E-state index in [1.807, 2.05) is 30.3 Å². The number of oxime groups is 1. The molecular formula is C13H14N2O3. The van der Waals surface area contributed by atoms with Crippen molar-refractivity contribution in [3.05, 3.63) is 35.9 Å². The number of carboxylic acid groups (broad SMARTS) is 1. The van der Waals surface area contributed by atoms with E-state index >= 15 is 0 Å². The first-order valence-electron chi connectivity index (χ1n) is 5.74. The Balaban J connectivity index is 1.85. The van der Waals surface area contributed by atoms with Crippen LogP contribution in [0.25, 0.3) is 0 Å². The van der Waals surface area contributed by atoms with Crippen molar-refractivity contribution in [3.8, 4) is 0 Å². The second-order valence-electron chi connectivity index (χ2n) is 4.01. The first-order chi connectivity index (χ1) is 8.75. The third kappa shape index (κ3) is 3.41. The third-order valence-corrected chi connectivity index (χ3v) is 2.62. The van der Waals surface area contributed by atoms with Crippen LogP contribution in [0.1, 0.15) is 18.4 Å². The van der Waals surface area contributed by atoms with Gasteiger partial charge in [-0.1, -0.05) is 35.5 Å². The summed E-state index contributed by atoms with van der Waals surface area (Å²) in [5.74, 6) is -0.893. The lowest BCUT2D eigenvalue weighted by molar-refractivity contribution is -0.138. The molecule has 1 aromatic carbocycles. The number of aliphatic imine (C=N–C) groups is 1. The average molecular weight is 246 g/mol. The summed E-state index contributed by atoms with van der Waals surface area (Å²) in [6, 6.07) is 9.08. The molecule has 0 amide bonds. The summed E-state index contributed by atoms with van der Waals surface area (Å²) < 4.78 is 0. The Morgan fingerprint density at radius 3 is 2.83 bits per heavy atom. The third-order valence-electron chi connectivity index (χ3n) is 2.62. The number of aliphatic carboxylic acids is 1. The van der Waals surface area contributed by atoms with Gasteiger partial charge in [0.25, 0.3) is 0 Å². The van der Waals surface area contributed by atoms with Gasteiger partial charge in [-0.15, -0.1) is 0 Å². The highest BCUT2D eigenvalue weighted by Crippen LogP contribution is 2.09. The molecule has 1 aliphatic heterocycles. The van der Waals surface area contributed by atoms with Crippen molar-refractivity contribution in [2.75, 3.05) is 0 Å². The molecule has 0 aliphatic carbocycles. The summed E-state index contributed by atoms with van der Waals surface area (Å²) in [5.41, 5.74) is 1.72. The maximum atomic E-state index is 10.7. The van der Waals surface area contributed by atoms with E-state index in [0.717, 1.165) is 5.56 Å². The van der Waals surface area contributed by atoms with Gasteiger partial charge in [-0.2, -0.15) is 0 Å². The Morgan fingerprint density at radius 1 is 1.44 bits per heavy atom. The molecule has 0 saturated carbocycles. The van der Waals surface area contributed by atoms with E-state index in [1.54, 1.807) is 0 Å². The van der Waals surface area contributed by atoms with Crippen LogP contribution in [0.4, 0.5) is 0 Å². The molecular weight excluding hydrogens is 232 g/mol. The quantitative estimate of drug-likeness (QED) is 0.824. The minimum Gasteiger partial charge on any atom is -0.480 e. The molecule has 1 N–H and O–H groups in total. The number of hydrogen-bond acceptors (Lipinski definition) is 4. The highest BCUT2D eigenvalue weighted by atomic mass is 16.6. The maximum Gasteiger partial charge on any atom is 0.328 e. The second-order valence-corrected chi connectivity index (χ2v) is 4.01. The van der Waals surface area contributed by atoms with Gasteiger partial charge < -0.3 is 9.94 Å². The molecule has 5 nitrogen and oxygen atoms in total. The fourth-order valence-electron chi connectivity index (χ4n) is 1.62. The number of hydrogen-bond donors (Lipinski definition) is 1. The van der Waals surface area contributed by atoms with Gasteiger partial charge in [0, 0.05) is 6.21 Å². The van der Waals surface area contributed by atoms with Gasteiger partial charge in [-0.3, -0.25) is 4.99 Å². The van der Waals surface area contributed by atoms with E-state index in [0.29, 0.717) is 25.2 Å². The monoisotopic (exact) mass is 246 g/mol. The maximum absolute atomic E-state index is 10.7. The van der Waals surface area contributed by atoms with Crippen molar-refractivity contribution in [2.45, 2.75) is 25.5 Å². The fraction of sp³-hybridized carbons (Fsp3) is 0.308. The molecule has 1 aliphatic rings. The van der Waals surface area contributed by atoms with Crippen LogP contribution in [0.5, 0.6) is 0 Å². The minimum atomic E-state index is -0.893. The average Bonchev–Trinajstić information content (AvgIpc) is 2.40. The van der Waals surface area contributed by atoms with Crippen molar-refractivity contribution in [3.63, 3.8) is 0 Å². The van der Waals surface area contributed by atoms with Crippen molar-refractivity contribution >= 4 is 17.9 Å². The highest BCUT2D eigenvalue weighted by Gasteiger charge is 2.19. The zero-order valence-corrected chi connectivity index (χ0v) is 9.82. The second kappa shape index (κ2) is 5.95. The molecule has 1 unspecified atom stereocenters. The SMILES string of the molecule is O=C(O)C1CCC(=NOCc2ccccc2)C=N1. The number of rotatable bonds is 4. The predicted molar refractivity (Wildman–Crippen MR) is 67.8 cm³/mol. The van der Waals surface area contributed by atoms with Crippen LogP contribution in [-0.4, -0.2) is 29.0 Å². The number of benzene rings is 1.